The number of nitrogens with one attached hydrogen (secondary N) is 1. The van der Waals surface area contributed by atoms with Gasteiger partial charge in [-0.1, -0.05) is 23.7 Å². The lowest BCUT2D eigenvalue weighted by molar-refractivity contribution is 0.102. The lowest BCUT2D eigenvalue weighted by Crippen LogP contribution is -2.14. The van der Waals surface area contributed by atoms with E-state index < -0.39 is 5.82 Å². The highest BCUT2D eigenvalue weighted by Crippen LogP contribution is 2.32. The molecule has 0 saturated heterocycles. The summed E-state index contributed by atoms with van der Waals surface area (Å²) in [6.07, 6.45) is 1.65. The molecule has 0 heterocycles. The van der Waals surface area contributed by atoms with Crippen LogP contribution < -0.4 is 11.1 Å². The average Bonchev–Trinajstić information content (AvgIpc) is 2.85. The molecule has 2 aromatic carbocycles. The van der Waals surface area contributed by atoms with Crippen molar-refractivity contribution in [3.8, 4) is 0 Å². The number of nitrogens with two attached hydrogens (primary N) is 1. The van der Waals surface area contributed by atoms with Gasteiger partial charge in [0.15, 0.2) is 0 Å². The van der Waals surface area contributed by atoms with Crippen LogP contribution in [0.2, 0.25) is 5.02 Å². The summed E-state index contributed by atoms with van der Waals surface area (Å²) in [4.78, 5) is 12.4. The van der Waals surface area contributed by atoms with Gasteiger partial charge in [-0.2, -0.15) is 0 Å². The van der Waals surface area contributed by atoms with E-state index in [0.29, 0.717) is 11.3 Å². The number of hydrogen-bond acceptors (Lipinski definition) is 2. The molecule has 3 nitrogen and oxygen atoms in total. The molecule has 0 bridgehead atoms. The van der Waals surface area contributed by atoms with E-state index in [1.54, 1.807) is 6.07 Å². The van der Waals surface area contributed by atoms with E-state index in [1.165, 1.54) is 18.2 Å². The summed E-state index contributed by atoms with van der Waals surface area (Å²) >= 11 is 5.71. The van der Waals surface area contributed by atoms with Gasteiger partial charge in [-0.25, -0.2) is 4.39 Å². The van der Waals surface area contributed by atoms with Crippen molar-refractivity contribution in [1.82, 2.24) is 0 Å². The van der Waals surface area contributed by atoms with Crippen molar-refractivity contribution in [1.29, 1.82) is 0 Å². The SMILES string of the molecule is Cl.N[C@H]1CCc2c(C(=O)Nc3ccc(F)c(Cl)c3)cccc21. The Morgan fingerprint density at radius 3 is 2.82 bits per heavy atom. The summed E-state index contributed by atoms with van der Waals surface area (Å²) in [5.41, 5.74) is 9.11. The molecule has 2 aromatic rings. The third-order valence-electron chi connectivity index (χ3n) is 3.74. The zero-order chi connectivity index (χ0) is 15.0. The van der Waals surface area contributed by atoms with Crippen molar-refractivity contribution < 1.29 is 9.18 Å². The topological polar surface area (TPSA) is 55.1 Å². The van der Waals surface area contributed by atoms with Gasteiger partial charge in [0.2, 0.25) is 0 Å². The van der Waals surface area contributed by atoms with Gasteiger partial charge in [0.25, 0.3) is 5.91 Å². The summed E-state index contributed by atoms with van der Waals surface area (Å²) in [6.45, 7) is 0. The van der Waals surface area contributed by atoms with Crippen LogP contribution in [0.25, 0.3) is 0 Å². The van der Waals surface area contributed by atoms with E-state index in [1.807, 2.05) is 12.1 Å². The first-order chi connectivity index (χ1) is 10.1. The molecule has 0 aliphatic heterocycles. The molecular weight excluding hydrogens is 326 g/mol. The Hall–Kier alpha value is -1.62. The molecule has 0 spiro atoms. The van der Waals surface area contributed by atoms with Crippen LogP contribution in [0.4, 0.5) is 10.1 Å². The highest BCUT2D eigenvalue weighted by molar-refractivity contribution is 6.31. The molecular formula is C16H15Cl2FN2O. The Balaban J connectivity index is 0.00000176. The van der Waals surface area contributed by atoms with E-state index in [2.05, 4.69) is 5.32 Å². The van der Waals surface area contributed by atoms with E-state index >= 15 is 0 Å². The third kappa shape index (κ3) is 3.09. The lowest BCUT2D eigenvalue weighted by atomic mass is 10.0. The van der Waals surface area contributed by atoms with Crippen LogP contribution in [-0.2, 0) is 6.42 Å². The molecule has 1 aliphatic rings. The number of carbonyl (C=O) groups is 1. The van der Waals surface area contributed by atoms with Gasteiger partial charge in [-0.05, 0) is 48.2 Å². The Bertz CT molecular complexity index is 721. The Kier molecular flexibility index (Phi) is 5.06. The molecule has 0 fully saturated rings. The van der Waals surface area contributed by atoms with Gasteiger partial charge in [0.05, 0.1) is 5.02 Å². The molecule has 1 atom stereocenters. The highest BCUT2D eigenvalue weighted by Gasteiger charge is 2.24. The van der Waals surface area contributed by atoms with Gasteiger partial charge < -0.3 is 11.1 Å². The first-order valence-electron chi connectivity index (χ1n) is 6.70. The predicted molar refractivity (Wildman–Crippen MR) is 88.3 cm³/mol. The second-order valence-corrected chi connectivity index (χ2v) is 5.51. The minimum Gasteiger partial charge on any atom is -0.324 e. The molecule has 6 heteroatoms. The van der Waals surface area contributed by atoms with Crippen LogP contribution in [0.1, 0.15) is 33.9 Å². The zero-order valence-electron chi connectivity index (χ0n) is 11.6. The van der Waals surface area contributed by atoms with Crippen molar-refractivity contribution in [2.24, 2.45) is 5.73 Å². The first kappa shape index (κ1) is 16.7. The van der Waals surface area contributed by atoms with Crippen LogP contribution >= 0.6 is 24.0 Å². The molecule has 3 N–H and O–H groups in total. The van der Waals surface area contributed by atoms with Gasteiger partial charge >= 0.3 is 0 Å². The molecule has 0 radical (unpaired) electrons. The quantitative estimate of drug-likeness (QED) is 0.864. The fourth-order valence-corrected chi connectivity index (χ4v) is 2.85. The standard InChI is InChI=1S/C16H14ClFN2O.ClH/c17-13-8-9(4-6-14(13)18)20-16(21)12-3-1-2-11-10(12)5-7-15(11)19;/h1-4,6,8,15H,5,7,19H2,(H,20,21);1H/t15-;/m0./s1. The Morgan fingerprint density at radius 1 is 1.32 bits per heavy atom. The number of carbonyl (C=O) groups excluding carboxylic acids is 1. The van der Waals surface area contributed by atoms with Crippen molar-refractivity contribution in [3.63, 3.8) is 0 Å². The number of fused-ring (bicyclic) bond motifs is 1. The zero-order valence-corrected chi connectivity index (χ0v) is 13.2. The van der Waals surface area contributed by atoms with Crippen molar-refractivity contribution in [2.75, 3.05) is 5.32 Å². The van der Waals surface area contributed by atoms with Crippen molar-refractivity contribution >= 4 is 35.6 Å². The van der Waals surface area contributed by atoms with Crippen molar-refractivity contribution in [3.05, 3.63) is 63.9 Å². The second kappa shape index (κ2) is 6.65. The normalized spacial score (nSPS) is 15.9. The fourth-order valence-electron chi connectivity index (χ4n) is 2.67. The van der Waals surface area contributed by atoms with Crippen LogP contribution in [0.3, 0.4) is 0 Å². The molecule has 0 saturated carbocycles. The van der Waals surface area contributed by atoms with E-state index in [0.717, 1.165) is 24.0 Å². The molecule has 1 amide bonds. The Labute approximate surface area is 139 Å². The summed E-state index contributed by atoms with van der Waals surface area (Å²) in [5, 5.41) is 2.72. The second-order valence-electron chi connectivity index (χ2n) is 5.10. The van der Waals surface area contributed by atoms with Gasteiger partial charge in [-0.3, -0.25) is 4.79 Å². The molecule has 0 unspecified atom stereocenters. The van der Waals surface area contributed by atoms with Crippen molar-refractivity contribution in [2.45, 2.75) is 18.9 Å². The van der Waals surface area contributed by atoms with Gasteiger partial charge in [-0.15, -0.1) is 12.4 Å². The number of benzene rings is 2. The predicted octanol–water partition coefficient (Wildman–Crippen LogP) is 4.10. The Morgan fingerprint density at radius 2 is 2.09 bits per heavy atom. The summed E-state index contributed by atoms with van der Waals surface area (Å²) in [6, 6.07) is 9.65. The van der Waals surface area contributed by atoms with E-state index in [-0.39, 0.29) is 29.4 Å². The summed E-state index contributed by atoms with van der Waals surface area (Å²) in [5.74, 6) is -0.745. The summed E-state index contributed by atoms with van der Waals surface area (Å²) < 4.78 is 13.1. The molecule has 22 heavy (non-hydrogen) atoms. The first-order valence-corrected chi connectivity index (χ1v) is 7.08. The molecule has 0 aromatic heterocycles. The minimum absolute atomic E-state index is 0. The lowest BCUT2D eigenvalue weighted by Gasteiger charge is -2.10. The summed E-state index contributed by atoms with van der Waals surface area (Å²) in [7, 11) is 0. The molecule has 1 aliphatic carbocycles. The van der Waals surface area contributed by atoms with Gasteiger partial charge in [0, 0.05) is 17.3 Å². The third-order valence-corrected chi connectivity index (χ3v) is 4.03. The van der Waals surface area contributed by atoms with Crippen LogP contribution in [0.15, 0.2) is 36.4 Å². The van der Waals surface area contributed by atoms with Crippen LogP contribution in [-0.4, -0.2) is 5.91 Å². The maximum atomic E-state index is 13.1. The highest BCUT2D eigenvalue weighted by atomic mass is 35.5. The van der Waals surface area contributed by atoms with Gasteiger partial charge in [0.1, 0.15) is 5.82 Å². The number of anilines is 1. The average molecular weight is 341 g/mol. The molecule has 3 rings (SSSR count). The van der Waals surface area contributed by atoms with Crippen LogP contribution in [0, 0.1) is 5.82 Å². The number of rotatable bonds is 2. The number of hydrogen-bond donors (Lipinski definition) is 2. The van der Waals surface area contributed by atoms with E-state index in [4.69, 9.17) is 17.3 Å². The van der Waals surface area contributed by atoms with Crippen LogP contribution in [0.5, 0.6) is 0 Å². The monoisotopic (exact) mass is 340 g/mol. The van der Waals surface area contributed by atoms with E-state index in [9.17, 15) is 9.18 Å². The number of halogens is 3. The molecule has 116 valence electrons. The maximum absolute atomic E-state index is 13.1. The fraction of sp³-hybridized carbons (Fsp3) is 0.188. The maximum Gasteiger partial charge on any atom is 0.255 e. The minimum atomic E-state index is -0.513. The largest absolute Gasteiger partial charge is 0.324 e. The number of amides is 1. The smallest absolute Gasteiger partial charge is 0.255 e.